The van der Waals surface area contributed by atoms with Crippen molar-refractivity contribution >= 4 is 15.9 Å². The second-order valence-electron chi connectivity index (χ2n) is 2.85. The molecule has 0 saturated carbocycles. The van der Waals surface area contributed by atoms with Gasteiger partial charge in [0.25, 0.3) is 0 Å². The Morgan fingerprint density at radius 1 is 1.50 bits per heavy atom. The monoisotopic (exact) mass is 259 g/mol. The van der Waals surface area contributed by atoms with Crippen LogP contribution in [0.4, 0.5) is 4.39 Å². The maximum Gasteiger partial charge on any atom is 0.128 e. The third kappa shape index (κ3) is 3.47. The first-order valence-electron chi connectivity index (χ1n) is 4.07. The maximum atomic E-state index is 12.9. The Morgan fingerprint density at radius 3 is 2.79 bits per heavy atom. The molecule has 14 heavy (non-hydrogen) atoms. The van der Waals surface area contributed by atoms with Crippen LogP contribution in [0.25, 0.3) is 0 Å². The molecule has 0 radical (unpaired) electrons. The zero-order chi connectivity index (χ0) is 10.6. The smallest absolute Gasteiger partial charge is 0.128 e. The summed E-state index contributed by atoms with van der Waals surface area (Å²) in [7, 11) is 0. The fourth-order valence-electron chi connectivity index (χ4n) is 0.856. The van der Waals surface area contributed by atoms with E-state index in [1.165, 1.54) is 12.1 Å². The number of nitrogens with two attached hydrogens (primary N) is 1. The summed E-state index contributed by atoms with van der Waals surface area (Å²) in [5.41, 5.74) is 6.10. The van der Waals surface area contributed by atoms with Gasteiger partial charge in [0.15, 0.2) is 0 Å². The van der Waals surface area contributed by atoms with E-state index in [0.717, 1.165) is 5.57 Å². The Morgan fingerprint density at radius 2 is 2.21 bits per heavy atom. The number of halogens is 2. The predicted molar refractivity (Wildman–Crippen MR) is 57.8 cm³/mol. The molecule has 2 N–H and O–H groups in total. The third-order valence-electron chi connectivity index (χ3n) is 1.57. The SMILES string of the molecule is C=C(CN)COc1cc(F)cc(Br)c1. The number of rotatable bonds is 4. The third-order valence-corrected chi connectivity index (χ3v) is 2.03. The molecule has 0 aliphatic carbocycles. The van der Waals surface area contributed by atoms with Crippen LogP contribution in [0.1, 0.15) is 0 Å². The van der Waals surface area contributed by atoms with Crippen molar-refractivity contribution in [1.82, 2.24) is 0 Å². The molecule has 0 aliphatic heterocycles. The highest BCUT2D eigenvalue weighted by Crippen LogP contribution is 2.20. The molecule has 0 heterocycles. The van der Waals surface area contributed by atoms with Gasteiger partial charge in [-0.25, -0.2) is 4.39 Å². The fraction of sp³-hybridized carbons (Fsp3) is 0.200. The first-order chi connectivity index (χ1) is 6.61. The second kappa shape index (κ2) is 5.12. The minimum atomic E-state index is -0.340. The molecule has 2 nitrogen and oxygen atoms in total. The fourth-order valence-corrected chi connectivity index (χ4v) is 1.30. The van der Waals surface area contributed by atoms with E-state index in [2.05, 4.69) is 22.5 Å². The van der Waals surface area contributed by atoms with Crippen molar-refractivity contribution < 1.29 is 9.13 Å². The van der Waals surface area contributed by atoms with Gasteiger partial charge < -0.3 is 10.5 Å². The highest BCUT2D eigenvalue weighted by molar-refractivity contribution is 9.10. The number of benzene rings is 1. The van der Waals surface area contributed by atoms with Crippen molar-refractivity contribution in [3.8, 4) is 5.75 Å². The van der Waals surface area contributed by atoms with Crippen LogP contribution in [0.15, 0.2) is 34.8 Å². The van der Waals surface area contributed by atoms with Gasteiger partial charge in [0.05, 0.1) is 0 Å². The molecule has 0 amide bonds. The van der Waals surface area contributed by atoms with Crippen molar-refractivity contribution in [3.05, 3.63) is 40.6 Å². The Hall–Kier alpha value is -0.870. The van der Waals surface area contributed by atoms with Crippen LogP contribution in [-0.2, 0) is 0 Å². The van der Waals surface area contributed by atoms with Gasteiger partial charge in [0, 0.05) is 17.1 Å². The van der Waals surface area contributed by atoms with Gasteiger partial charge in [-0.3, -0.25) is 0 Å². The molecule has 1 aromatic carbocycles. The molecule has 0 aromatic heterocycles. The molecule has 0 saturated heterocycles. The van der Waals surface area contributed by atoms with Gasteiger partial charge in [0.2, 0.25) is 0 Å². The van der Waals surface area contributed by atoms with E-state index in [-0.39, 0.29) is 5.82 Å². The summed E-state index contributed by atoms with van der Waals surface area (Å²) in [6, 6.07) is 4.37. The molecular formula is C10H11BrFNO. The highest BCUT2D eigenvalue weighted by atomic mass is 79.9. The molecule has 0 atom stereocenters. The predicted octanol–water partition coefficient (Wildman–Crippen LogP) is 2.48. The van der Waals surface area contributed by atoms with E-state index in [9.17, 15) is 4.39 Å². The lowest BCUT2D eigenvalue weighted by Gasteiger charge is -2.07. The summed E-state index contributed by atoms with van der Waals surface area (Å²) < 4.78 is 18.8. The molecule has 4 heteroatoms. The summed E-state index contributed by atoms with van der Waals surface area (Å²) >= 11 is 3.17. The average molecular weight is 260 g/mol. The molecule has 0 aliphatic rings. The molecular weight excluding hydrogens is 249 g/mol. The van der Waals surface area contributed by atoms with E-state index in [4.69, 9.17) is 10.5 Å². The number of ether oxygens (including phenoxy) is 1. The topological polar surface area (TPSA) is 35.2 Å². The Kier molecular flexibility index (Phi) is 4.10. The minimum absolute atomic E-state index is 0.312. The summed E-state index contributed by atoms with van der Waals surface area (Å²) in [5, 5.41) is 0. The molecule has 1 aromatic rings. The lowest BCUT2D eigenvalue weighted by atomic mass is 10.3. The Bertz CT molecular complexity index is 321. The molecule has 0 bridgehead atoms. The van der Waals surface area contributed by atoms with Gasteiger partial charge in [-0.1, -0.05) is 22.5 Å². The minimum Gasteiger partial charge on any atom is -0.489 e. The maximum absolute atomic E-state index is 12.9. The van der Waals surface area contributed by atoms with E-state index in [0.29, 0.717) is 23.4 Å². The standard InChI is InChI=1S/C10H11BrFNO/c1-7(5-13)6-14-10-3-8(11)2-9(12)4-10/h2-4H,1,5-6,13H2. The summed E-state index contributed by atoms with van der Waals surface area (Å²) in [6.45, 7) is 4.36. The van der Waals surface area contributed by atoms with Crippen LogP contribution in [0.5, 0.6) is 5.75 Å². The quantitative estimate of drug-likeness (QED) is 0.844. The largest absolute Gasteiger partial charge is 0.489 e. The van der Waals surface area contributed by atoms with Crippen LogP contribution in [0.3, 0.4) is 0 Å². The van der Waals surface area contributed by atoms with E-state index < -0.39 is 0 Å². The Labute approximate surface area is 90.7 Å². The Balaban J connectivity index is 2.63. The number of hydrogen-bond donors (Lipinski definition) is 1. The summed E-state index contributed by atoms with van der Waals surface area (Å²) in [5.74, 6) is 0.124. The van der Waals surface area contributed by atoms with Crippen LogP contribution < -0.4 is 10.5 Å². The molecule has 76 valence electrons. The van der Waals surface area contributed by atoms with Crippen molar-refractivity contribution in [2.45, 2.75) is 0 Å². The molecule has 1 rings (SSSR count). The van der Waals surface area contributed by atoms with Gasteiger partial charge in [0.1, 0.15) is 18.2 Å². The zero-order valence-corrected chi connectivity index (χ0v) is 9.18. The van der Waals surface area contributed by atoms with Gasteiger partial charge in [-0.05, 0) is 17.7 Å². The van der Waals surface area contributed by atoms with E-state index in [1.807, 2.05) is 0 Å². The number of hydrogen-bond acceptors (Lipinski definition) is 2. The molecule has 0 fully saturated rings. The normalized spacial score (nSPS) is 9.93. The summed E-state index contributed by atoms with van der Waals surface area (Å²) in [4.78, 5) is 0. The molecule has 0 unspecified atom stereocenters. The lowest BCUT2D eigenvalue weighted by molar-refractivity contribution is 0.348. The van der Waals surface area contributed by atoms with E-state index >= 15 is 0 Å². The van der Waals surface area contributed by atoms with Crippen molar-refractivity contribution in [2.24, 2.45) is 5.73 Å². The second-order valence-corrected chi connectivity index (χ2v) is 3.76. The molecule has 0 spiro atoms. The summed E-state index contributed by atoms with van der Waals surface area (Å²) in [6.07, 6.45) is 0. The van der Waals surface area contributed by atoms with Crippen molar-refractivity contribution in [1.29, 1.82) is 0 Å². The van der Waals surface area contributed by atoms with Crippen LogP contribution in [0, 0.1) is 5.82 Å². The van der Waals surface area contributed by atoms with E-state index in [1.54, 1.807) is 6.07 Å². The first-order valence-corrected chi connectivity index (χ1v) is 4.86. The van der Waals surface area contributed by atoms with Gasteiger partial charge in [-0.2, -0.15) is 0 Å². The van der Waals surface area contributed by atoms with Crippen LogP contribution in [-0.4, -0.2) is 13.2 Å². The van der Waals surface area contributed by atoms with Gasteiger partial charge >= 0.3 is 0 Å². The van der Waals surface area contributed by atoms with Crippen molar-refractivity contribution in [3.63, 3.8) is 0 Å². The van der Waals surface area contributed by atoms with Gasteiger partial charge in [-0.15, -0.1) is 0 Å². The van der Waals surface area contributed by atoms with Crippen molar-refractivity contribution in [2.75, 3.05) is 13.2 Å². The lowest BCUT2D eigenvalue weighted by Crippen LogP contribution is -2.09. The van der Waals surface area contributed by atoms with Crippen LogP contribution in [0.2, 0.25) is 0 Å². The average Bonchev–Trinajstić information content (AvgIpc) is 2.12. The first kappa shape index (κ1) is 11.2. The highest BCUT2D eigenvalue weighted by Gasteiger charge is 2.00. The van der Waals surface area contributed by atoms with Crippen LogP contribution >= 0.6 is 15.9 Å². The zero-order valence-electron chi connectivity index (χ0n) is 7.59.